The molecule has 2 aromatic carbocycles. The van der Waals surface area contributed by atoms with Crippen LogP contribution in [0.4, 0.5) is 0 Å². The van der Waals surface area contributed by atoms with Crippen molar-refractivity contribution in [3.63, 3.8) is 0 Å². The van der Waals surface area contributed by atoms with Crippen LogP contribution in [0.15, 0.2) is 42.5 Å². The van der Waals surface area contributed by atoms with Gasteiger partial charge in [-0.05, 0) is 85.4 Å². The molecule has 6 heteroatoms. The smallest absolute Gasteiger partial charge is 0.328 e. The molecule has 0 unspecified atom stereocenters. The fourth-order valence-corrected chi connectivity index (χ4v) is 5.69. The summed E-state index contributed by atoms with van der Waals surface area (Å²) in [5, 5.41) is 6.62. The number of hydrogen-bond acceptors (Lipinski definition) is 5. The number of aryl methyl sites for hydroxylation is 1. The van der Waals surface area contributed by atoms with E-state index in [2.05, 4.69) is 42.7 Å². The molecule has 1 aliphatic rings. The molecule has 0 radical (unpaired) electrons. The van der Waals surface area contributed by atoms with Gasteiger partial charge in [0.15, 0.2) is 0 Å². The molecule has 0 saturated heterocycles. The predicted molar refractivity (Wildman–Crippen MR) is 155 cm³/mol. The molecule has 1 aliphatic carbocycles. The van der Waals surface area contributed by atoms with Crippen molar-refractivity contribution < 1.29 is 14.3 Å². The van der Waals surface area contributed by atoms with Crippen LogP contribution in [0.25, 0.3) is 11.1 Å². The lowest BCUT2D eigenvalue weighted by molar-refractivity contribution is -0.142. The number of methoxy groups -OCH3 is 1. The Bertz CT molecular complexity index is 1020. The highest BCUT2D eigenvalue weighted by Gasteiger charge is 2.24. The summed E-state index contributed by atoms with van der Waals surface area (Å²) >= 11 is 1.64. The van der Waals surface area contributed by atoms with Crippen LogP contribution in [-0.2, 0) is 16.1 Å². The standard InChI is InChI=1S/C31H44N2O3S/c1-22-10-8-9-13-26(22)28-20-25(21-32-23(2)14-15-24-11-6-5-7-12-24)16-17-27(28)30(34)33-29(18-19-37-4)31(35)36-3/h8-10,13,16-17,20,23-24,29,32H,5-7,11-12,14-15,18-19,21H2,1-4H3,(H,33,34)/t23-,29+/m1/s1. The van der Waals surface area contributed by atoms with Gasteiger partial charge in [0.1, 0.15) is 6.04 Å². The molecule has 1 fully saturated rings. The van der Waals surface area contributed by atoms with Crippen molar-refractivity contribution in [2.45, 2.75) is 83.8 Å². The van der Waals surface area contributed by atoms with Crippen molar-refractivity contribution in [2.75, 3.05) is 19.1 Å². The first kappa shape index (κ1) is 29.2. The summed E-state index contributed by atoms with van der Waals surface area (Å²) in [5.41, 5.74) is 4.74. The van der Waals surface area contributed by atoms with E-state index in [0.29, 0.717) is 18.0 Å². The summed E-state index contributed by atoms with van der Waals surface area (Å²) in [5.74, 6) is 0.986. The SMILES string of the molecule is COC(=O)[C@H](CCSC)NC(=O)c1ccc(CN[C@H](C)CCC2CCCCC2)cc1-c1ccccc1C. The quantitative estimate of drug-likeness (QED) is 0.292. The number of nitrogens with one attached hydrogen (secondary N) is 2. The zero-order valence-electron chi connectivity index (χ0n) is 23.0. The Morgan fingerprint density at radius 2 is 1.81 bits per heavy atom. The fraction of sp³-hybridized carbons (Fsp3) is 0.548. The van der Waals surface area contributed by atoms with Gasteiger partial charge >= 0.3 is 5.97 Å². The Morgan fingerprint density at radius 1 is 1.05 bits per heavy atom. The summed E-state index contributed by atoms with van der Waals surface area (Å²) in [6, 6.07) is 13.9. The molecule has 0 aliphatic heterocycles. The normalized spacial score (nSPS) is 15.7. The number of ether oxygens (including phenoxy) is 1. The minimum absolute atomic E-state index is 0.255. The summed E-state index contributed by atoms with van der Waals surface area (Å²) in [4.78, 5) is 25.7. The summed E-state index contributed by atoms with van der Waals surface area (Å²) in [6.07, 6.45) is 12.0. The molecule has 5 nitrogen and oxygen atoms in total. The number of thioether (sulfide) groups is 1. The van der Waals surface area contributed by atoms with E-state index in [9.17, 15) is 9.59 Å². The number of amides is 1. The topological polar surface area (TPSA) is 67.4 Å². The molecule has 0 bridgehead atoms. The van der Waals surface area contributed by atoms with Gasteiger partial charge in [0, 0.05) is 18.2 Å². The number of carbonyl (C=O) groups is 2. The highest BCUT2D eigenvalue weighted by atomic mass is 32.2. The van der Waals surface area contributed by atoms with Crippen LogP contribution in [0.1, 0.15) is 79.8 Å². The van der Waals surface area contributed by atoms with E-state index in [1.807, 2.05) is 30.5 Å². The van der Waals surface area contributed by atoms with Crippen molar-refractivity contribution >= 4 is 23.6 Å². The van der Waals surface area contributed by atoms with Crippen molar-refractivity contribution in [1.82, 2.24) is 10.6 Å². The molecule has 2 N–H and O–H groups in total. The Kier molecular flexibility index (Phi) is 12.0. The average molecular weight is 525 g/mol. The zero-order chi connectivity index (χ0) is 26.6. The molecule has 2 atom stereocenters. The second-order valence-corrected chi connectivity index (χ2v) is 11.4. The molecule has 3 rings (SSSR count). The van der Waals surface area contributed by atoms with Crippen molar-refractivity contribution in [1.29, 1.82) is 0 Å². The Balaban J connectivity index is 1.75. The van der Waals surface area contributed by atoms with E-state index in [1.54, 1.807) is 11.8 Å². The number of esters is 1. The van der Waals surface area contributed by atoms with Crippen LogP contribution in [0.2, 0.25) is 0 Å². The first-order valence-electron chi connectivity index (χ1n) is 13.7. The Hall–Kier alpha value is -2.31. The van der Waals surface area contributed by atoms with Crippen LogP contribution in [0.5, 0.6) is 0 Å². The Morgan fingerprint density at radius 3 is 2.51 bits per heavy atom. The maximum absolute atomic E-state index is 13.4. The van der Waals surface area contributed by atoms with E-state index in [-0.39, 0.29) is 5.91 Å². The van der Waals surface area contributed by atoms with Gasteiger partial charge < -0.3 is 15.4 Å². The molecule has 37 heavy (non-hydrogen) atoms. The molecule has 0 aromatic heterocycles. The number of hydrogen-bond donors (Lipinski definition) is 2. The molecule has 2 aromatic rings. The van der Waals surface area contributed by atoms with Gasteiger partial charge in [0.2, 0.25) is 0 Å². The van der Waals surface area contributed by atoms with Crippen LogP contribution in [0, 0.1) is 12.8 Å². The predicted octanol–water partition coefficient (Wildman–Crippen LogP) is 6.53. The van der Waals surface area contributed by atoms with Gasteiger partial charge in [-0.1, -0.05) is 62.4 Å². The molecular formula is C31H44N2O3S. The third-order valence-corrected chi connectivity index (χ3v) is 8.20. The largest absolute Gasteiger partial charge is 0.467 e. The van der Waals surface area contributed by atoms with Crippen molar-refractivity contribution in [3.05, 3.63) is 59.2 Å². The summed E-state index contributed by atoms with van der Waals surface area (Å²) in [6.45, 7) is 5.09. The molecule has 1 saturated carbocycles. The zero-order valence-corrected chi connectivity index (χ0v) is 23.8. The van der Waals surface area contributed by atoms with E-state index in [1.165, 1.54) is 52.1 Å². The minimum Gasteiger partial charge on any atom is -0.467 e. The maximum atomic E-state index is 13.4. The third kappa shape index (κ3) is 8.89. The summed E-state index contributed by atoms with van der Waals surface area (Å²) < 4.78 is 4.94. The molecule has 0 spiro atoms. The lowest BCUT2D eigenvalue weighted by Gasteiger charge is -2.23. The van der Waals surface area contributed by atoms with Crippen molar-refractivity contribution in [3.8, 4) is 11.1 Å². The van der Waals surface area contributed by atoms with Crippen LogP contribution in [-0.4, -0.2) is 43.1 Å². The Labute approximate surface area is 227 Å². The van der Waals surface area contributed by atoms with Crippen LogP contribution in [0.3, 0.4) is 0 Å². The van der Waals surface area contributed by atoms with Gasteiger partial charge in [0.05, 0.1) is 7.11 Å². The third-order valence-electron chi connectivity index (χ3n) is 7.55. The second kappa shape index (κ2) is 15.2. The van der Waals surface area contributed by atoms with E-state index < -0.39 is 12.0 Å². The minimum atomic E-state index is -0.666. The van der Waals surface area contributed by atoms with Crippen molar-refractivity contribution in [2.24, 2.45) is 5.92 Å². The lowest BCUT2D eigenvalue weighted by atomic mass is 9.85. The van der Waals surface area contributed by atoms with Gasteiger partial charge in [0.25, 0.3) is 5.91 Å². The van der Waals surface area contributed by atoms with Gasteiger partial charge in [-0.15, -0.1) is 0 Å². The molecule has 1 amide bonds. The molecular weight excluding hydrogens is 480 g/mol. The lowest BCUT2D eigenvalue weighted by Crippen LogP contribution is -2.42. The highest BCUT2D eigenvalue weighted by Crippen LogP contribution is 2.29. The fourth-order valence-electron chi connectivity index (χ4n) is 5.22. The van der Waals surface area contributed by atoms with E-state index in [4.69, 9.17) is 4.74 Å². The maximum Gasteiger partial charge on any atom is 0.328 e. The second-order valence-electron chi connectivity index (χ2n) is 10.4. The average Bonchev–Trinajstić information content (AvgIpc) is 2.93. The first-order chi connectivity index (χ1) is 17.9. The van der Waals surface area contributed by atoms with E-state index in [0.717, 1.165) is 40.5 Å². The van der Waals surface area contributed by atoms with E-state index >= 15 is 0 Å². The van der Waals surface area contributed by atoms with Gasteiger partial charge in [-0.25, -0.2) is 4.79 Å². The van der Waals surface area contributed by atoms with Gasteiger partial charge in [-0.3, -0.25) is 4.79 Å². The summed E-state index contributed by atoms with van der Waals surface area (Å²) in [7, 11) is 1.36. The molecule has 202 valence electrons. The van der Waals surface area contributed by atoms with Crippen LogP contribution < -0.4 is 10.6 Å². The van der Waals surface area contributed by atoms with Crippen LogP contribution >= 0.6 is 11.8 Å². The first-order valence-corrected chi connectivity index (χ1v) is 15.1. The monoisotopic (exact) mass is 524 g/mol. The number of benzene rings is 2. The highest BCUT2D eigenvalue weighted by molar-refractivity contribution is 7.98. The number of carbonyl (C=O) groups excluding carboxylic acids is 2. The molecule has 0 heterocycles. The number of rotatable bonds is 13. The van der Waals surface area contributed by atoms with Gasteiger partial charge in [-0.2, -0.15) is 11.8 Å².